The number of methoxy groups -OCH3 is 1. The smallest absolute Gasteiger partial charge is 0.251 e. The number of carbonyl (C=O) groups excluding carboxylic acids is 2. The zero-order chi connectivity index (χ0) is 18.7. The second-order valence-electron chi connectivity index (χ2n) is 6.43. The third-order valence-corrected chi connectivity index (χ3v) is 5.01. The van der Waals surface area contributed by atoms with E-state index in [2.05, 4.69) is 26.6 Å². The molecule has 0 aromatic heterocycles. The van der Waals surface area contributed by atoms with Crippen LogP contribution in [0.3, 0.4) is 0 Å². The van der Waals surface area contributed by atoms with Gasteiger partial charge in [-0.15, -0.1) is 0 Å². The number of amides is 2. The summed E-state index contributed by atoms with van der Waals surface area (Å²) in [6.07, 6.45) is 1.96. The van der Waals surface area contributed by atoms with Crippen molar-refractivity contribution in [1.29, 1.82) is 0 Å². The van der Waals surface area contributed by atoms with Crippen LogP contribution >= 0.6 is 15.9 Å². The lowest BCUT2D eigenvalue weighted by atomic mass is 10.1. The number of hydrogen-bond donors (Lipinski definition) is 2. The van der Waals surface area contributed by atoms with Gasteiger partial charge in [-0.05, 0) is 71.6 Å². The molecule has 1 aliphatic carbocycles. The van der Waals surface area contributed by atoms with E-state index in [1.165, 1.54) is 0 Å². The molecule has 1 atom stereocenters. The topological polar surface area (TPSA) is 67.4 Å². The molecule has 0 saturated heterocycles. The van der Waals surface area contributed by atoms with Crippen molar-refractivity contribution in [3.05, 3.63) is 58.1 Å². The van der Waals surface area contributed by atoms with E-state index in [4.69, 9.17) is 4.74 Å². The lowest BCUT2D eigenvalue weighted by Crippen LogP contribution is -2.26. The van der Waals surface area contributed by atoms with Crippen molar-refractivity contribution in [1.82, 2.24) is 5.32 Å². The number of carbonyl (C=O) groups is 2. The van der Waals surface area contributed by atoms with Gasteiger partial charge in [0.25, 0.3) is 5.91 Å². The third kappa shape index (κ3) is 4.43. The molecule has 2 aromatic carbocycles. The predicted octanol–water partition coefficient (Wildman–Crippen LogP) is 4.30. The summed E-state index contributed by atoms with van der Waals surface area (Å²) in [6, 6.07) is 12.6. The van der Waals surface area contributed by atoms with E-state index in [0.29, 0.717) is 11.3 Å². The molecule has 5 nitrogen and oxygen atoms in total. The number of benzene rings is 2. The van der Waals surface area contributed by atoms with Crippen molar-refractivity contribution in [3.8, 4) is 5.75 Å². The molecule has 0 radical (unpaired) electrons. The first kappa shape index (κ1) is 18.5. The molecule has 3 rings (SSSR count). The highest BCUT2D eigenvalue weighted by molar-refractivity contribution is 9.10. The maximum Gasteiger partial charge on any atom is 0.251 e. The number of halogens is 1. The highest BCUT2D eigenvalue weighted by atomic mass is 79.9. The normalized spacial score (nSPS) is 14.4. The molecular weight excluding hydrogens is 396 g/mol. The molecule has 26 heavy (non-hydrogen) atoms. The number of hydrogen-bond acceptors (Lipinski definition) is 3. The molecule has 0 aliphatic heterocycles. The molecule has 6 heteroatoms. The first-order chi connectivity index (χ1) is 12.5. The Morgan fingerprint density at radius 1 is 1.15 bits per heavy atom. The van der Waals surface area contributed by atoms with Gasteiger partial charge in [0.2, 0.25) is 5.91 Å². The Balaban J connectivity index is 1.61. The molecule has 2 N–H and O–H groups in total. The maximum atomic E-state index is 12.4. The minimum Gasteiger partial charge on any atom is -0.496 e. The molecule has 1 fully saturated rings. The minimum absolute atomic E-state index is 0.0872. The van der Waals surface area contributed by atoms with Crippen LogP contribution < -0.4 is 15.4 Å². The summed E-state index contributed by atoms with van der Waals surface area (Å²) in [5, 5.41) is 5.89. The standard InChI is InChI=1S/C20H21BrN2O3/c1-12(22-20(25)15-7-10-18(26-2)17(21)11-15)13-5-8-16(9-6-13)23-19(24)14-3-4-14/h5-12,14H,3-4H2,1-2H3,(H,22,25)(H,23,24). The monoisotopic (exact) mass is 416 g/mol. The molecule has 0 heterocycles. The van der Waals surface area contributed by atoms with Crippen LogP contribution in [0, 0.1) is 5.92 Å². The van der Waals surface area contributed by atoms with Crippen molar-refractivity contribution in [2.24, 2.45) is 5.92 Å². The van der Waals surface area contributed by atoms with Crippen LogP contribution in [0.25, 0.3) is 0 Å². The Morgan fingerprint density at radius 2 is 1.85 bits per heavy atom. The first-order valence-corrected chi connectivity index (χ1v) is 9.32. The SMILES string of the molecule is COc1ccc(C(=O)NC(C)c2ccc(NC(=O)C3CC3)cc2)cc1Br. The maximum absolute atomic E-state index is 12.4. The molecule has 2 amide bonds. The summed E-state index contributed by atoms with van der Waals surface area (Å²) in [7, 11) is 1.58. The van der Waals surface area contributed by atoms with Gasteiger partial charge in [-0.3, -0.25) is 9.59 Å². The van der Waals surface area contributed by atoms with Gasteiger partial charge in [0.15, 0.2) is 0 Å². The van der Waals surface area contributed by atoms with E-state index >= 15 is 0 Å². The third-order valence-electron chi connectivity index (χ3n) is 4.39. The van der Waals surface area contributed by atoms with Crippen molar-refractivity contribution in [2.75, 3.05) is 12.4 Å². The van der Waals surface area contributed by atoms with Gasteiger partial charge in [-0.1, -0.05) is 12.1 Å². The molecule has 0 spiro atoms. The fourth-order valence-corrected chi connectivity index (χ4v) is 3.16. The van der Waals surface area contributed by atoms with Crippen molar-refractivity contribution in [2.45, 2.75) is 25.8 Å². The van der Waals surface area contributed by atoms with E-state index in [1.54, 1.807) is 25.3 Å². The first-order valence-electron chi connectivity index (χ1n) is 8.53. The lowest BCUT2D eigenvalue weighted by molar-refractivity contribution is -0.117. The van der Waals surface area contributed by atoms with Crippen molar-refractivity contribution < 1.29 is 14.3 Å². The summed E-state index contributed by atoms with van der Waals surface area (Å²) in [5.41, 5.74) is 2.30. The molecule has 1 aliphatic rings. The summed E-state index contributed by atoms with van der Waals surface area (Å²) in [5.74, 6) is 0.784. The Kier molecular flexibility index (Phi) is 5.61. The van der Waals surface area contributed by atoms with E-state index in [-0.39, 0.29) is 23.8 Å². The van der Waals surface area contributed by atoms with Crippen molar-refractivity contribution in [3.63, 3.8) is 0 Å². The van der Waals surface area contributed by atoms with Crippen LogP contribution in [0.5, 0.6) is 5.75 Å². The van der Waals surface area contributed by atoms with E-state index < -0.39 is 0 Å². The molecule has 1 unspecified atom stereocenters. The Hall–Kier alpha value is -2.34. The molecule has 136 valence electrons. The Morgan fingerprint density at radius 3 is 2.42 bits per heavy atom. The summed E-state index contributed by atoms with van der Waals surface area (Å²) in [4.78, 5) is 24.2. The van der Waals surface area contributed by atoms with Crippen LogP contribution in [-0.4, -0.2) is 18.9 Å². The van der Waals surface area contributed by atoms with Crippen LogP contribution in [0.2, 0.25) is 0 Å². The van der Waals surface area contributed by atoms with E-state index in [1.807, 2.05) is 31.2 Å². The predicted molar refractivity (Wildman–Crippen MR) is 104 cm³/mol. The van der Waals surface area contributed by atoms with Gasteiger partial charge in [-0.25, -0.2) is 0 Å². The van der Waals surface area contributed by atoms with Gasteiger partial charge < -0.3 is 15.4 Å². The Bertz CT molecular complexity index is 816. The lowest BCUT2D eigenvalue weighted by Gasteiger charge is -2.15. The van der Waals surface area contributed by atoms with Crippen LogP contribution in [0.4, 0.5) is 5.69 Å². The second kappa shape index (κ2) is 7.91. The summed E-state index contributed by atoms with van der Waals surface area (Å²) < 4.78 is 5.91. The highest BCUT2D eigenvalue weighted by Gasteiger charge is 2.29. The second-order valence-corrected chi connectivity index (χ2v) is 7.28. The summed E-state index contributed by atoms with van der Waals surface area (Å²) in [6.45, 7) is 1.92. The van der Waals surface area contributed by atoms with E-state index in [0.717, 1.165) is 28.6 Å². The van der Waals surface area contributed by atoms with Gasteiger partial charge in [0, 0.05) is 17.2 Å². The van der Waals surface area contributed by atoms with Crippen LogP contribution in [0.1, 0.15) is 41.7 Å². The molecule has 1 saturated carbocycles. The van der Waals surface area contributed by atoms with Crippen LogP contribution in [-0.2, 0) is 4.79 Å². The largest absolute Gasteiger partial charge is 0.496 e. The zero-order valence-electron chi connectivity index (χ0n) is 14.7. The summed E-state index contributed by atoms with van der Waals surface area (Å²) >= 11 is 3.39. The van der Waals surface area contributed by atoms with Gasteiger partial charge in [0.05, 0.1) is 17.6 Å². The number of rotatable bonds is 6. The quantitative estimate of drug-likeness (QED) is 0.737. The van der Waals surface area contributed by atoms with Gasteiger partial charge in [0.1, 0.15) is 5.75 Å². The fourth-order valence-electron chi connectivity index (χ4n) is 2.62. The molecule has 0 bridgehead atoms. The van der Waals surface area contributed by atoms with Crippen LogP contribution in [0.15, 0.2) is 46.9 Å². The zero-order valence-corrected chi connectivity index (χ0v) is 16.3. The van der Waals surface area contributed by atoms with Crippen molar-refractivity contribution >= 4 is 33.4 Å². The van der Waals surface area contributed by atoms with Gasteiger partial charge >= 0.3 is 0 Å². The van der Waals surface area contributed by atoms with E-state index in [9.17, 15) is 9.59 Å². The number of ether oxygens (including phenoxy) is 1. The Labute approximate surface area is 161 Å². The average molecular weight is 417 g/mol. The number of nitrogens with one attached hydrogen (secondary N) is 2. The van der Waals surface area contributed by atoms with Gasteiger partial charge in [-0.2, -0.15) is 0 Å². The molecular formula is C20H21BrN2O3. The molecule has 2 aromatic rings. The highest BCUT2D eigenvalue weighted by Crippen LogP contribution is 2.30. The average Bonchev–Trinajstić information content (AvgIpc) is 3.47. The fraction of sp³-hybridized carbons (Fsp3) is 0.300. The number of anilines is 1. The minimum atomic E-state index is -0.160.